The van der Waals surface area contributed by atoms with Crippen molar-refractivity contribution >= 4 is 5.91 Å². The van der Waals surface area contributed by atoms with Crippen molar-refractivity contribution in [2.24, 2.45) is 11.8 Å². The monoisotopic (exact) mass is 289 g/mol. The zero-order valence-corrected chi connectivity index (χ0v) is 12.2. The van der Waals surface area contributed by atoms with E-state index in [1.54, 1.807) is 12.3 Å². The van der Waals surface area contributed by atoms with E-state index in [1.165, 1.54) is 31.9 Å². The largest absolute Gasteiger partial charge is 0.506 e. The molecule has 1 amide bonds. The van der Waals surface area contributed by atoms with Crippen LogP contribution in [0.2, 0.25) is 0 Å². The third-order valence-electron chi connectivity index (χ3n) is 4.81. The summed E-state index contributed by atoms with van der Waals surface area (Å²) >= 11 is 0. The fraction of sp³-hybridized carbons (Fsp3) is 0.625. The Morgan fingerprint density at radius 1 is 1.33 bits per heavy atom. The van der Waals surface area contributed by atoms with E-state index in [0.717, 1.165) is 18.5 Å². The molecule has 1 aromatic heterocycles. The van der Waals surface area contributed by atoms with Crippen LogP contribution in [0.1, 0.15) is 37.7 Å². The SMILES string of the molecule is O=C(NCc1cncc(O)c1)C1NCCC2CCCCC21. The molecule has 1 aromatic rings. The van der Waals surface area contributed by atoms with Gasteiger partial charge in [-0.15, -0.1) is 0 Å². The number of hydrogen-bond donors (Lipinski definition) is 3. The molecule has 0 bridgehead atoms. The van der Waals surface area contributed by atoms with Crippen LogP contribution in [0.5, 0.6) is 5.75 Å². The molecule has 21 heavy (non-hydrogen) atoms. The first-order valence-corrected chi connectivity index (χ1v) is 7.88. The molecule has 1 saturated heterocycles. The summed E-state index contributed by atoms with van der Waals surface area (Å²) in [4.78, 5) is 16.4. The fourth-order valence-electron chi connectivity index (χ4n) is 3.77. The second kappa shape index (κ2) is 6.43. The lowest BCUT2D eigenvalue weighted by Crippen LogP contribution is -2.55. The second-order valence-corrected chi connectivity index (χ2v) is 6.20. The minimum atomic E-state index is -0.0608. The Balaban J connectivity index is 1.59. The highest BCUT2D eigenvalue weighted by Crippen LogP contribution is 2.36. The third-order valence-corrected chi connectivity index (χ3v) is 4.81. The van der Waals surface area contributed by atoms with Crippen LogP contribution in [0.4, 0.5) is 0 Å². The van der Waals surface area contributed by atoms with Crippen molar-refractivity contribution in [3.63, 3.8) is 0 Å². The maximum atomic E-state index is 12.5. The molecule has 114 valence electrons. The molecule has 0 spiro atoms. The van der Waals surface area contributed by atoms with Gasteiger partial charge in [-0.3, -0.25) is 9.78 Å². The summed E-state index contributed by atoms with van der Waals surface area (Å²) in [5, 5.41) is 15.8. The lowest BCUT2D eigenvalue weighted by atomic mass is 9.71. The normalized spacial score (nSPS) is 28.7. The number of piperidine rings is 1. The molecule has 5 nitrogen and oxygen atoms in total. The Labute approximate surface area is 125 Å². The number of fused-ring (bicyclic) bond motifs is 1. The van der Waals surface area contributed by atoms with Gasteiger partial charge in [-0.05, 0) is 42.9 Å². The van der Waals surface area contributed by atoms with E-state index in [4.69, 9.17) is 0 Å². The van der Waals surface area contributed by atoms with Crippen molar-refractivity contribution in [1.29, 1.82) is 0 Å². The molecule has 2 heterocycles. The number of nitrogens with zero attached hydrogens (tertiary/aromatic N) is 1. The van der Waals surface area contributed by atoms with Crippen molar-refractivity contribution in [3.05, 3.63) is 24.0 Å². The summed E-state index contributed by atoms with van der Waals surface area (Å²) in [6.45, 7) is 1.35. The lowest BCUT2D eigenvalue weighted by molar-refractivity contribution is -0.126. The van der Waals surface area contributed by atoms with Crippen LogP contribution in [0, 0.1) is 11.8 Å². The van der Waals surface area contributed by atoms with Crippen LogP contribution in [-0.2, 0) is 11.3 Å². The average molecular weight is 289 g/mol. The first-order chi connectivity index (χ1) is 10.2. The van der Waals surface area contributed by atoms with Gasteiger partial charge in [0.1, 0.15) is 5.75 Å². The molecule has 1 aliphatic carbocycles. The molecular weight excluding hydrogens is 266 g/mol. The molecule has 0 aromatic carbocycles. The van der Waals surface area contributed by atoms with Gasteiger partial charge in [-0.25, -0.2) is 0 Å². The number of pyridine rings is 1. The number of nitrogens with one attached hydrogen (secondary N) is 2. The molecular formula is C16H23N3O2. The highest BCUT2D eigenvalue weighted by atomic mass is 16.3. The molecule has 3 unspecified atom stereocenters. The Kier molecular flexibility index (Phi) is 4.39. The quantitative estimate of drug-likeness (QED) is 0.789. The van der Waals surface area contributed by atoms with E-state index in [9.17, 15) is 9.90 Å². The first-order valence-electron chi connectivity index (χ1n) is 7.88. The van der Waals surface area contributed by atoms with E-state index in [1.807, 2.05) is 0 Å². The zero-order valence-electron chi connectivity index (χ0n) is 12.2. The Morgan fingerprint density at radius 2 is 2.19 bits per heavy atom. The van der Waals surface area contributed by atoms with E-state index < -0.39 is 0 Å². The minimum absolute atomic E-state index is 0.0608. The molecule has 3 rings (SSSR count). The zero-order chi connectivity index (χ0) is 14.7. The van der Waals surface area contributed by atoms with E-state index in [-0.39, 0.29) is 17.7 Å². The summed E-state index contributed by atoms with van der Waals surface area (Å²) in [6.07, 6.45) is 9.23. The van der Waals surface area contributed by atoms with Crippen molar-refractivity contribution in [3.8, 4) is 5.75 Å². The van der Waals surface area contributed by atoms with E-state index in [2.05, 4.69) is 15.6 Å². The Bertz CT molecular complexity index is 504. The van der Waals surface area contributed by atoms with Crippen LogP contribution < -0.4 is 10.6 Å². The smallest absolute Gasteiger partial charge is 0.237 e. The number of rotatable bonds is 3. The van der Waals surface area contributed by atoms with Gasteiger partial charge >= 0.3 is 0 Å². The van der Waals surface area contributed by atoms with Gasteiger partial charge in [-0.1, -0.05) is 19.3 Å². The molecule has 1 saturated carbocycles. The number of hydrogen-bond acceptors (Lipinski definition) is 4. The number of amides is 1. The molecule has 2 fully saturated rings. The van der Waals surface area contributed by atoms with Gasteiger partial charge < -0.3 is 15.7 Å². The molecule has 1 aliphatic heterocycles. The average Bonchev–Trinajstić information content (AvgIpc) is 2.52. The van der Waals surface area contributed by atoms with Gasteiger partial charge in [0.05, 0.1) is 12.2 Å². The highest BCUT2D eigenvalue weighted by molar-refractivity contribution is 5.82. The Hall–Kier alpha value is -1.62. The lowest BCUT2D eigenvalue weighted by Gasteiger charge is -2.41. The Morgan fingerprint density at radius 3 is 3.05 bits per heavy atom. The number of aromatic hydroxyl groups is 1. The van der Waals surface area contributed by atoms with Crippen LogP contribution in [-0.4, -0.2) is 28.6 Å². The van der Waals surface area contributed by atoms with Crippen LogP contribution in [0.15, 0.2) is 18.5 Å². The third kappa shape index (κ3) is 3.35. The second-order valence-electron chi connectivity index (χ2n) is 6.20. The number of aromatic nitrogens is 1. The number of carbonyl (C=O) groups excluding carboxylic acids is 1. The predicted octanol–water partition coefficient (Wildman–Crippen LogP) is 1.57. The van der Waals surface area contributed by atoms with E-state index >= 15 is 0 Å². The van der Waals surface area contributed by atoms with Crippen molar-refractivity contribution in [2.75, 3.05) is 6.54 Å². The fourth-order valence-corrected chi connectivity index (χ4v) is 3.77. The van der Waals surface area contributed by atoms with Crippen LogP contribution in [0.3, 0.4) is 0 Å². The van der Waals surface area contributed by atoms with Gasteiger partial charge in [0.25, 0.3) is 0 Å². The maximum absolute atomic E-state index is 12.5. The topological polar surface area (TPSA) is 74.2 Å². The van der Waals surface area contributed by atoms with Crippen LogP contribution in [0.25, 0.3) is 0 Å². The summed E-state index contributed by atoms with van der Waals surface area (Å²) in [7, 11) is 0. The van der Waals surface area contributed by atoms with Crippen molar-refractivity contribution in [1.82, 2.24) is 15.6 Å². The van der Waals surface area contributed by atoms with Crippen molar-refractivity contribution in [2.45, 2.75) is 44.7 Å². The first kappa shape index (κ1) is 14.3. The number of carbonyl (C=O) groups is 1. The summed E-state index contributed by atoms with van der Waals surface area (Å²) in [5.41, 5.74) is 0.819. The van der Waals surface area contributed by atoms with Gasteiger partial charge in [0, 0.05) is 12.7 Å². The minimum Gasteiger partial charge on any atom is -0.506 e. The highest BCUT2D eigenvalue weighted by Gasteiger charge is 2.38. The standard InChI is InChI=1S/C16H23N3O2/c20-13-7-11(8-17-10-13)9-19-16(21)15-14-4-2-1-3-12(14)5-6-18-15/h7-8,10,12,14-15,18,20H,1-6,9H2,(H,19,21). The summed E-state index contributed by atoms with van der Waals surface area (Å²) in [6, 6.07) is 1.57. The van der Waals surface area contributed by atoms with Gasteiger partial charge in [0.15, 0.2) is 0 Å². The van der Waals surface area contributed by atoms with Gasteiger partial charge in [-0.2, -0.15) is 0 Å². The van der Waals surface area contributed by atoms with Gasteiger partial charge in [0.2, 0.25) is 5.91 Å². The van der Waals surface area contributed by atoms with Crippen LogP contribution >= 0.6 is 0 Å². The molecule has 3 N–H and O–H groups in total. The molecule has 0 radical (unpaired) electrons. The predicted molar refractivity (Wildman–Crippen MR) is 79.6 cm³/mol. The summed E-state index contributed by atoms with van der Waals surface area (Å²) < 4.78 is 0. The molecule has 5 heteroatoms. The maximum Gasteiger partial charge on any atom is 0.237 e. The summed E-state index contributed by atoms with van der Waals surface area (Å²) in [5.74, 6) is 1.40. The van der Waals surface area contributed by atoms with E-state index in [0.29, 0.717) is 18.4 Å². The molecule has 3 atom stereocenters. The molecule has 2 aliphatic rings. The van der Waals surface area contributed by atoms with Crippen molar-refractivity contribution < 1.29 is 9.90 Å².